The van der Waals surface area contributed by atoms with Crippen LogP contribution in [0.5, 0.6) is 0 Å². The minimum Gasteiger partial charge on any atom is -0.463 e. The number of rotatable bonds is 8. The zero-order chi connectivity index (χ0) is 26.2. The maximum Gasteiger partial charge on any atom is 0.430 e. The molecule has 2 amide bonds. The van der Waals surface area contributed by atoms with Crippen LogP contribution >= 0.6 is 0 Å². The predicted octanol–water partition coefficient (Wildman–Crippen LogP) is -0.284. The first-order chi connectivity index (χ1) is 16.4. The Hall–Kier alpha value is -3.75. The number of carbonyl (C=O) groups is 5. The fourth-order valence-electron chi connectivity index (χ4n) is 3.26. The minimum atomic E-state index is -2.61. The highest BCUT2D eigenvalue weighted by atomic mass is 16.7. The van der Waals surface area contributed by atoms with Crippen molar-refractivity contribution in [2.75, 3.05) is 11.9 Å². The quantitative estimate of drug-likeness (QED) is 0.159. The van der Waals surface area contributed by atoms with Gasteiger partial charge in [-0.1, -0.05) is 18.2 Å². The average Bonchev–Trinajstić information content (AvgIpc) is 2.74. The Morgan fingerprint density at radius 3 is 2.14 bits per heavy atom. The Kier molecular flexibility index (Phi) is 9.50. The van der Waals surface area contributed by atoms with Crippen LogP contribution in [0.3, 0.4) is 0 Å². The monoisotopic (exact) mass is 497 g/mol. The fourth-order valence-corrected chi connectivity index (χ4v) is 3.26. The number of para-hydroxylation sites is 1. The lowest BCUT2D eigenvalue weighted by Gasteiger charge is -2.49. The molecule has 2 rings (SSSR count). The zero-order valence-electron chi connectivity index (χ0n) is 19.4. The van der Waals surface area contributed by atoms with Gasteiger partial charge in [-0.25, -0.2) is 4.79 Å². The molecule has 0 aliphatic carbocycles. The molecule has 1 aliphatic rings. The summed E-state index contributed by atoms with van der Waals surface area (Å²) in [5.41, 5.74) is -0.0624. The van der Waals surface area contributed by atoms with Gasteiger partial charge in [0.15, 0.2) is 18.4 Å². The van der Waals surface area contributed by atoms with Crippen molar-refractivity contribution in [1.29, 1.82) is 0 Å². The summed E-state index contributed by atoms with van der Waals surface area (Å²) in [6.07, 6.45) is -7.44. The number of hydrogen-bond donors (Lipinski definition) is 4. The maximum absolute atomic E-state index is 12.2. The summed E-state index contributed by atoms with van der Waals surface area (Å²) < 4.78 is 21.0. The molecule has 192 valence electrons. The smallest absolute Gasteiger partial charge is 0.430 e. The van der Waals surface area contributed by atoms with Gasteiger partial charge in [0.05, 0.1) is 0 Å². The Labute approximate surface area is 200 Å². The summed E-state index contributed by atoms with van der Waals surface area (Å²) in [6.45, 7) is 3.73. The summed E-state index contributed by atoms with van der Waals surface area (Å²) >= 11 is 0. The van der Waals surface area contributed by atoms with Crippen LogP contribution in [0.4, 0.5) is 10.5 Å². The number of esters is 3. The van der Waals surface area contributed by atoms with Crippen molar-refractivity contribution < 1.29 is 52.9 Å². The highest BCUT2D eigenvalue weighted by molar-refractivity contribution is 5.84. The zero-order valence-corrected chi connectivity index (χ0v) is 19.4. The Morgan fingerprint density at radius 2 is 1.60 bits per heavy atom. The number of ether oxygens (including phenoxy) is 4. The molecule has 1 aromatic carbocycles. The molecule has 1 unspecified atom stereocenters. The third-order valence-corrected chi connectivity index (χ3v) is 4.51. The molecule has 1 saturated heterocycles. The summed E-state index contributed by atoms with van der Waals surface area (Å²) in [7, 11) is 0. The second kappa shape index (κ2) is 12.1. The summed E-state index contributed by atoms with van der Waals surface area (Å²) in [6, 6.07) is 8.24. The molecule has 4 N–H and O–H groups in total. The normalized spacial score (nSPS) is 25.5. The molecule has 0 radical (unpaired) electrons. The van der Waals surface area contributed by atoms with E-state index in [0.29, 0.717) is 5.69 Å². The van der Waals surface area contributed by atoms with Crippen LogP contribution in [-0.2, 0) is 43.0 Å². The van der Waals surface area contributed by atoms with Crippen LogP contribution < -0.4 is 16.1 Å². The van der Waals surface area contributed by atoms with E-state index >= 15 is 0 Å². The molecule has 5 atom stereocenters. The first-order valence-corrected chi connectivity index (χ1v) is 10.3. The molecule has 1 fully saturated rings. The third-order valence-electron chi connectivity index (χ3n) is 4.51. The number of hydroxylamine groups is 1. The number of benzene rings is 1. The Balaban J connectivity index is 2.36. The van der Waals surface area contributed by atoms with Crippen molar-refractivity contribution in [2.24, 2.45) is 0 Å². The molecule has 14 nitrogen and oxygen atoms in total. The van der Waals surface area contributed by atoms with Gasteiger partial charge >= 0.3 is 24.0 Å². The van der Waals surface area contributed by atoms with E-state index in [-0.39, 0.29) is 0 Å². The molecule has 1 heterocycles. The van der Waals surface area contributed by atoms with Crippen molar-refractivity contribution >= 4 is 35.6 Å². The van der Waals surface area contributed by atoms with Crippen LogP contribution in [0.25, 0.3) is 0 Å². The topological polar surface area (TPSA) is 188 Å². The van der Waals surface area contributed by atoms with Gasteiger partial charge in [0.1, 0.15) is 12.7 Å². The highest BCUT2D eigenvalue weighted by Crippen LogP contribution is 2.32. The molecule has 0 saturated carbocycles. The Bertz CT molecular complexity index is 942. The number of aliphatic hydroxyl groups is 1. The lowest BCUT2D eigenvalue weighted by Crippen LogP contribution is -2.77. The van der Waals surface area contributed by atoms with E-state index in [1.165, 1.54) is 0 Å². The lowest BCUT2D eigenvalue weighted by atomic mass is 9.91. The number of nitrogens with one attached hydrogen (secondary N) is 3. The van der Waals surface area contributed by atoms with E-state index in [9.17, 15) is 29.1 Å². The number of amides is 2. The van der Waals surface area contributed by atoms with Gasteiger partial charge in [-0.15, -0.1) is 5.48 Å². The average molecular weight is 497 g/mol. The van der Waals surface area contributed by atoms with Crippen LogP contribution in [0, 0.1) is 0 Å². The SMILES string of the molecule is CC(=O)N[C@]1(O)C(NOC(=O)Nc2ccccc2)O[C@H](COC(C)=O)[C@@H](OC(C)=O)[C@@H]1OC(C)=O. The third kappa shape index (κ3) is 7.91. The first-order valence-electron chi connectivity index (χ1n) is 10.3. The van der Waals surface area contributed by atoms with Crippen molar-refractivity contribution in [2.45, 2.75) is 58.0 Å². The van der Waals surface area contributed by atoms with Gasteiger partial charge < -0.3 is 34.2 Å². The lowest BCUT2D eigenvalue weighted by molar-refractivity contribution is -0.309. The summed E-state index contributed by atoms with van der Waals surface area (Å²) in [5.74, 6) is -3.26. The van der Waals surface area contributed by atoms with E-state index in [0.717, 1.165) is 27.7 Å². The van der Waals surface area contributed by atoms with E-state index in [2.05, 4.69) is 16.1 Å². The molecule has 0 bridgehead atoms. The van der Waals surface area contributed by atoms with Crippen LogP contribution in [0.2, 0.25) is 0 Å². The number of carbonyl (C=O) groups excluding carboxylic acids is 5. The van der Waals surface area contributed by atoms with E-state index in [1.807, 2.05) is 0 Å². The molecule has 1 aliphatic heterocycles. The second-order valence-electron chi connectivity index (χ2n) is 7.47. The Morgan fingerprint density at radius 1 is 0.971 bits per heavy atom. The summed E-state index contributed by atoms with van der Waals surface area (Å²) in [4.78, 5) is 64.0. The van der Waals surface area contributed by atoms with Crippen molar-refractivity contribution in [1.82, 2.24) is 10.8 Å². The van der Waals surface area contributed by atoms with Crippen LogP contribution in [-0.4, -0.2) is 71.9 Å². The van der Waals surface area contributed by atoms with Crippen LogP contribution in [0.15, 0.2) is 30.3 Å². The molecule has 0 aromatic heterocycles. The van der Waals surface area contributed by atoms with E-state index in [4.69, 9.17) is 23.8 Å². The van der Waals surface area contributed by atoms with E-state index in [1.54, 1.807) is 30.3 Å². The second-order valence-corrected chi connectivity index (χ2v) is 7.47. The van der Waals surface area contributed by atoms with Gasteiger partial charge in [-0.05, 0) is 12.1 Å². The van der Waals surface area contributed by atoms with E-state index < -0.39 is 66.8 Å². The van der Waals surface area contributed by atoms with Gasteiger partial charge in [0.25, 0.3) is 0 Å². The van der Waals surface area contributed by atoms with Gasteiger partial charge in [-0.3, -0.25) is 24.5 Å². The largest absolute Gasteiger partial charge is 0.463 e. The predicted molar refractivity (Wildman–Crippen MR) is 115 cm³/mol. The first kappa shape index (κ1) is 27.5. The standard InChI is InChI=1S/C21H27N3O11/c1-11(25)23-21(30)18(33-14(4)28)17(32-13(3)27)16(10-31-12(2)26)34-19(21)24-35-20(29)22-15-8-6-5-7-9-15/h5-9,16-19,24,30H,10H2,1-4H3,(H,22,29)(H,23,25)/t16-,17-,18+,19?,21-/m1/s1. The molecular weight excluding hydrogens is 470 g/mol. The van der Waals surface area contributed by atoms with Gasteiger partial charge in [-0.2, -0.15) is 0 Å². The number of hydrogen-bond acceptors (Lipinski definition) is 12. The molecule has 35 heavy (non-hydrogen) atoms. The minimum absolute atomic E-state index is 0.390. The molecular formula is C21H27N3O11. The van der Waals surface area contributed by atoms with Crippen molar-refractivity contribution in [3.8, 4) is 0 Å². The molecule has 0 spiro atoms. The van der Waals surface area contributed by atoms with Gasteiger partial charge in [0.2, 0.25) is 11.6 Å². The maximum atomic E-state index is 12.2. The molecule has 14 heteroatoms. The van der Waals surface area contributed by atoms with Crippen molar-refractivity contribution in [3.05, 3.63) is 30.3 Å². The van der Waals surface area contributed by atoms with Gasteiger partial charge in [0, 0.05) is 33.4 Å². The summed E-state index contributed by atoms with van der Waals surface area (Å²) in [5, 5.41) is 16.0. The fraction of sp³-hybridized carbons (Fsp3) is 0.476. The van der Waals surface area contributed by atoms with Crippen molar-refractivity contribution in [3.63, 3.8) is 0 Å². The van der Waals surface area contributed by atoms with Crippen LogP contribution in [0.1, 0.15) is 27.7 Å². The number of anilines is 1. The highest BCUT2D eigenvalue weighted by Gasteiger charge is 2.60. The molecule has 1 aromatic rings.